The van der Waals surface area contributed by atoms with Gasteiger partial charge in [-0.2, -0.15) is 0 Å². The Morgan fingerprint density at radius 3 is 1.51 bits per heavy atom. The van der Waals surface area contributed by atoms with Crippen molar-refractivity contribution in [2.45, 2.75) is 87.9 Å². The first-order chi connectivity index (χ1) is 30.2. The quantitative estimate of drug-likeness (QED) is 0.174. The lowest BCUT2D eigenvalue weighted by Crippen LogP contribution is -2.25. The molecule has 3 heterocycles. The van der Waals surface area contributed by atoms with Crippen molar-refractivity contribution in [1.29, 1.82) is 0 Å². The van der Waals surface area contributed by atoms with E-state index in [1.54, 1.807) is 22.1 Å². The largest absolute Gasteiger partial charge is 0.306 e. The van der Waals surface area contributed by atoms with Crippen LogP contribution >= 0.6 is 0 Å². The monoisotopic (exact) mass is 786 g/mol. The molecule has 0 amide bonds. The van der Waals surface area contributed by atoms with Gasteiger partial charge in [0, 0.05) is 33.2 Å². The summed E-state index contributed by atoms with van der Waals surface area (Å²) in [6.07, 6.45) is 16.1. The molecule has 2 nitrogen and oxygen atoms in total. The van der Waals surface area contributed by atoms with Crippen LogP contribution < -0.4 is 0 Å². The first-order valence-corrected chi connectivity index (χ1v) is 23.7. The van der Waals surface area contributed by atoms with Crippen LogP contribution in [0.4, 0.5) is 0 Å². The molecule has 9 aromatic rings. The highest BCUT2D eigenvalue weighted by Crippen LogP contribution is 2.61. The number of hydrogen-bond acceptors (Lipinski definition) is 1. The zero-order chi connectivity index (χ0) is 39.5. The second kappa shape index (κ2) is 12.4. The summed E-state index contributed by atoms with van der Waals surface area (Å²) in [4.78, 5) is 5.58. The Morgan fingerprint density at radius 2 is 0.918 bits per heavy atom. The first-order valence-electron chi connectivity index (χ1n) is 23.7. The Kier molecular flexibility index (Phi) is 6.92. The second-order valence-electron chi connectivity index (χ2n) is 20.7. The number of aromatic nitrogens is 2. The molecule has 3 aromatic heterocycles. The van der Waals surface area contributed by atoms with Gasteiger partial charge in [-0.1, -0.05) is 97.1 Å². The smallest absolute Gasteiger partial charge is 0.0728 e. The third-order valence-electron chi connectivity index (χ3n) is 17.4. The third-order valence-corrected chi connectivity index (χ3v) is 17.4. The van der Waals surface area contributed by atoms with Gasteiger partial charge in [-0.3, -0.25) is 4.98 Å². The van der Waals surface area contributed by atoms with Crippen molar-refractivity contribution < 1.29 is 0 Å². The summed E-state index contributed by atoms with van der Waals surface area (Å²) in [7, 11) is 0. The van der Waals surface area contributed by atoms with Crippen LogP contribution in [-0.2, 0) is 0 Å². The maximum absolute atomic E-state index is 5.58. The van der Waals surface area contributed by atoms with Gasteiger partial charge in [-0.25, -0.2) is 0 Å². The highest BCUT2D eigenvalue weighted by atomic mass is 14.9. The molecule has 8 bridgehead atoms. The number of pyridine rings is 1. The summed E-state index contributed by atoms with van der Waals surface area (Å²) < 4.78 is 2.71. The van der Waals surface area contributed by atoms with Gasteiger partial charge in [-0.15, -0.1) is 0 Å². The highest BCUT2D eigenvalue weighted by Gasteiger charge is 2.46. The van der Waals surface area contributed by atoms with Crippen LogP contribution in [-0.4, -0.2) is 9.38 Å². The molecule has 8 aliphatic carbocycles. The van der Waals surface area contributed by atoms with E-state index in [4.69, 9.17) is 4.98 Å². The number of fused-ring (bicyclic) bond motifs is 6. The van der Waals surface area contributed by atoms with Crippen molar-refractivity contribution in [3.63, 3.8) is 0 Å². The Morgan fingerprint density at radius 1 is 0.410 bits per heavy atom. The average Bonchev–Trinajstić information content (AvgIpc) is 3.68. The number of hydrogen-bond donors (Lipinski definition) is 0. The van der Waals surface area contributed by atoms with Crippen molar-refractivity contribution >= 4 is 38.1 Å². The van der Waals surface area contributed by atoms with Crippen molar-refractivity contribution in [2.75, 3.05) is 0 Å². The first kappa shape index (κ1) is 33.9. The normalized spacial score (nSPS) is 27.0. The second-order valence-corrected chi connectivity index (χ2v) is 20.7. The van der Waals surface area contributed by atoms with Gasteiger partial charge >= 0.3 is 0 Å². The Balaban J connectivity index is 1.11. The lowest BCUT2D eigenvalue weighted by molar-refractivity contribution is 0.165. The number of benzene rings is 6. The molecule has 4 atom stereocenters. The third kappa shape index (κ3) is 4.77. The van der Waals surface area contributed by atoms with Crippen LogP contribution in [0, 0.1) is 23.7 Å². The molecular weight excluding hydrogens is 737 g/mol. The maximum atomic E-state index is 5.58. The van der Waals surface area contributed by atoms with E-state index in [2.05, 4.69) is 138 Å². The van der Waals surface area contributed by atoms with Gasteiger partial charge in [-0.05, 0) is 197 Å². The summed E-state index contributed by atoms with van der Waals surface area (Å²) in [6.45, 7) is 0. The van der Waals surface area contributed by atoms with Gasteiger partial charge in [0.15, 0.2) is 0 Å². The average molecular weight is 787 g/mol. The van der Waals surface area contributed by atoms with E-state index in [1.807, 2.05) is 0 Å². The van der Waals surface area contributed by atoms with Crippen molar-refractivity contribution in [3.8, 4) is 44.5 Å². The van der Waals surface area contributed by atoms with Crippen LogP contribution in [0.25, 0.3) is 82.6 Å². The Hall–Kier alpha value is -5.73. The van der Waals surface area contributed by atoms with Crippen LogP contribution in [0.5, 0.6) is 0 Å². The van der Waals surface area contributed by atoms with E-state index in [0.717, 1.165) is 23.7 Å². The summed E-state index contributed by atoms with van der Waals surface area (Å²) >= 11 is 0. The van der Waals surface area contributed by atoms with Crippen molar-refractivity contribution in [2.24, 2.45) is 23.7 Å². The highest BCUT2D eigenvalue weighted by molar-refractivity contribution is 6.26. The molecule has 4 unspecified atom stereocenters. The number of rotatable bonds is 4. The fourth-order valence-electron chi connectivity index (χ4n) is 15.5. The molecule has 0 saturated heterocycles. The minimum atomic E-state index is 0.605. The molecule has 8 aliphatic rings. The van der Waals surface area contributed by atoms with Crippen LogP contribution in [0.15, 0.2) is 134 Å². The summed E-state index contributed by atoms with van der Waals surface area (Å²) in [6, 6.07) is 48.9. The molecule has 6 aromatic carbocycles. The van der Waals surface area contributed by atoms with Crippen molar-refractivity contribution in [3.05, 3.63) is 156 Å². The van der Waals surface area contributed by atoms with E-state index in [1.165, 1.54) is 147 Å². The minimum Gasteiger partial charge on any atom is -0.306 e. The van der Waals surface area contributed by atoms with Gasteiger partial charge in [0.2, 0.25) is 0 Å². The maximum Gasteiger partial charge on any atom is 0.0728 e. The molecule has 61 heavy (non-hydrogen) atoms. The van der Waals surface area contributed by atoms with Crippen molar-refractivity contribution in [1.82, 2.24) is 9.38 Å². The summed E-state index contributed by atoms with van der Waals surface area (Å²) in [5.41, 5.74) is 21.0. The van der Waals surface area contributed by atoms with Crippen LogP contribution in [0.3, 0.4) is 0 Å². The molecule has 296 valence electrons. The molecular formula is C59H50N2. The van der Waals surface area contributed by atoms with E-state index in [0.29, 0.717) is 23.7 Å². The van der Waals surface area contributed by atoms with Crippen LogP contribution in [0.1, 0.15) is 110 Å². The van der Waals surface area contributed by atoms with Gasteiger partial charge in [0.1, 0.15) is 0 Å². The molecule has 0 aliphatic heterocycles. The standard InChI is InChI=1S/C59H50N2/c1-4-10-37(11-5-1)40-28-47(38-12-6-2-7-13-38)53(48(29-40)39-14-8-3-9-15-39)44-30-49-56-51(17-16-46-41-20-33-18-34(21-41)23-42(22-33)54(46)56)61-52-32-60-58-45-26-35-19-36(27-45)25-43(24-35)55(58)57(52)50(31-44)59(49)61/h1-17,28-36,41-43,45H,18-27H2. The predicted octanol–water partition coefficient (Wildman–Crippen LogP) is 15.7. The Bertz CT molecular complexity index is 3030. The molecule has 2 heteroatoms. The number of nitrogens with zero attached hydrogens (tertiary/aromatic N) is 2. The summed E-state index contributed by atoms with van der Waals surface area (Å²) in [5, 5.41) is 6.00. The summed E-state index contributed by atoms with van der Waals surface area (Å²) in [5.74, 6) is 6.04. The van der Waals surface area contributed by atoms with Gasteiger partial charge in [0.05, 0.1) is 22.7 Å². The van der Waals surface area contributed by atoms with Crippen LogP contribution in [0.2, 0.25) is 0 Å². The molecule has 0 radical (unpaired) electrons. The molecule has 0 spiro atoms. The Labute approximate surface area is 358 Å². The van der Waals surface area contributed by atoms with E-state index in [-0.39, 0.29) is 0 Å². The van der Waals surface area contributed by atoms with Gasteiger partial charge < -0.3 is 4.40 Å². The topological polar surface area (TPSA) is 17.3 Å². The SMILES string of the molecule is c1ccc(-c2cc(-c3ccccc3)c(-c3cc4c5c6c(ccc5n5c7cnc8c(c7c(c3)c45)C3CC4CC(CC8C4)C3)C3CC4CC(C3)CC6C4)c(-c3ccccc3)c2)cc1. The molecule has 0 N–H and O–H groups in total. The zero-order valence-corrected chi connectivity index (χ0v) is 34.8. The fourth-order valence-corrected chi connectivity index (χ4v) is 15.5. The van der Waals surface area contributed by atoms with E-state index >= 15 is 0 Å². The lowest BCUT2D eigenvalue weighted by Gasteiger charge is -2.38. The predicted molar refractivity (Wildman–Crippen MR) is 252 cm³/mol. The fraction of sp³-hybridized carbons (Fsp3) is 0.305. The molecule has 4 fully saturated rings. The molecule has 17 rings (SSSR count). The van der Waals surface area contributed by atoms with E-state index < -0.39 is 0 Å². The molecule has 4 saturated carbocycles. The lowest BCUT2D eigenvalue weighted by atomic mass is 9.67. The van der Waals surface area contributed by atoms with E-state index in [9.17, 15) is 0 Å². The minimum absolute atomic E-state index is 0.605. The zero-order valence-electron chi connectivity index (χ0n) is 34.8. The van der Waals surface area contributed by atoms with Gasteiger partial charge in [0.25, 0.3) is 0 Å².